The molecule has 0 radical (unpaired) electrons. The maximum Gasteiger partial charge on any atom is 0.161 e. The number of rotatable bonds is 6. The van der Waals surface area contributed by atoms with Gasteiger partial charge in [-0.2, -0.15) is 0 Å². The van der Waals surface area contributed by atoms with Gasteiger partial charge in [0.15, 0.2) is 5.82 Å². The molecule has 0 aliphatic rings. The Kier molecular flexibility index (Phi) is 7.78. The zero-order valence-corrected chi connectivity index (χ0v) is 30.9. The summed E-state index contributed by atoms with van der Waals surface area (Å²) >= 11 is 0. The quantitative estimate of drug-likeness (QED) is 0.171. The van der Waals surface area contributed by atoms with E-state index in [1.54, 1.807) is 0 Å². The lowest BCUT2D eigenvalue weighted by atomic mass is 9.93. The van der Waals surface area contributed by atoms with Crippen molar-refractivity contribution in [2.24, 2.45) is 0 Å². The summed E-state index contributed by atoms with van der Waals surface area (Å²) in [4.78, 5) is 15.7. The number of hydrogen-bond acceptors (Lipinski definition) is 3. The molecule has 4 heteroatoms. The molecule has 0 bridgehead atoms. The molecule has 0 N–H and O–H groups in total. The maximum absolute atomic E-state index is 5.36. The van der Waals surface area contributed by atoms with Crippen molar-refractivity contribution in [2.75, 3.05) is 0 Å². The summed E-state index contributed by atoms with van der Waals surface area (Å²) in [6.07, 6.45) is 0. The van der Waals surface area contributed by atoms with Crippen LogP contribution in [-0.2, 0) is 0 Å². The van der Waals surface area contributed by atoms with Gasteiger partial charge >= 0.3 is 0 Å². The van der Waals surface area contributed by atoms with Crippen LogP contribution in [0.5, 0.6) is 0 Å². The van der Waals surface area contributed by atoms with Crippen LogP contribution in [0.2, 0.25) is 0 Å². The van der Waals surface area contributed by atoms with Gasteiger partial charge in [0.05, 0.1) is 33.6 Å². The van der Waals surface area contributed by atoms with E-state index in [1.165, 1.54) is 10.9 Å². The van der Waals surface area contributed by atoms with E-state index in [9.17, 15) is 0 Å². The van der Waals surface area contributed by atoms with Crippen molar-refractivity contribution in [1.29, 1.82) is 0 Å². The first-order valence-corrected chi connectivity index (χ1v) is 19.3. The molecule has 3 aromatic heterocycles. The van der Waals surface area contributed by atoms with Crippen LogP contribution in [-0.4, -0.2) is 19.5 Å². The monoisotopic (exact) mass is 726 g/mol. The minimum Gasteiger partial charge on any atom is -0.308 e. The highest BCUT2D eigenvalue weighted by Crippen LogP contribution is 2.42. The molecule has 0 unspecified atom stereocenters. The third kappa shape index (κ3) is 5.58. The molecular weight excluding hydrogens is 693 g/mol. The van der Waals surface area contributed by atoms with E-state index in [4.69, 9.17) is 15.0 Å². The molecule has 11 aromatic rings. The molecule has 11 rings (SSSR count). The molecule has 0 atom stereocenters. The second-order valence-electron chi connectivity index (χ2n) is 14.4. The smallest absolute Gasteiger partial charge is 0.161 e. The molecule has 4 nitrogen and oxygen atoms in total. The molecule has 57 heavy (non-hydrogen) atoms. The maximum atomic E-state index is 5.36. The van der Waals surface area contributed by atoms with Crippen LogP contribution in [0, 0.1) is 0 Å². The number of hydrogen-bond donors (Lipinski definition) is 0. The first kappa shape index (κ1) is 32.7. The predicted molar refractivity (Wildman–Crippen MR) is 236 cm³/mol. The molecule has 0 saturated carbocycles. The minimum atomic E-state index is 0.703. The summed E-state index contributed by atoms with van der Waals surface area (Å²) in [5, 5.41) is 5.73. The molecule has 0 spiro atoms. The number of para-hydroxylation sites is 3. The average Bonchev–Trinajstić information content (AvgIpc) is 3.65. The van der Waals surface area contributed by atoms with Crippen LogP contribution in [0.4, 0.5) is 0 Å². The zero-order valence-electron chi connectivity index (χ0n) is 30.9. The largest absolute Gasteiger partial charge is 0.308 e. The standard InChI is InChI=1S/C53H34N4/c1-4-16-36(17-5-1)47-34-48(37-18-6-2-7-19-37)56-53(55-47)43-33-32-40(41-22-10-11-23-42(41)43)35-28-30-38(31-29-35)51-50-45-25-13-15-27-49(45)57(39-20-8-3-9-21-39)52(50)44-24-12-14-26-46(44)54-51/h1-34H. The molecule has 0 aliphatic carbocycles. The number of pyridine rings is 1. The van der Waals surface area contributed by atoms with Crippen molar-refractivity contribution in [3.05, 3.63) is 206 Å². The highest BCUT2D eigenvalue weighted by Gasteiger charge is 2.21. The minimum absolute atomic E-state index is 0.703. The first-order chi connectivity index (χ1) is 28.3. The van der Waals surface area contributed by atoms with Crippen LogP contribution < -0.4 is 0 Å². The van der Waals surface area contributed by atoms with Gasteiger partial charge < -0.3 is 4.57 Å². The fourth-order valence-corrected chi connectivity index (χ4v) is 8.37. The molecule has 0 aliphatic heterocycles. The molecule has 266 valence electrons. The van der Waals surface area contributed by atoms with Gasteiger partial charge in [-0.05, 0) is 58.3 Å². The number of fused-ring (bicyclic) bond motifs is 6. The Morgan fingerprint density at radius 3 is 1.53 bits per heavy atom. The molecule has 0 fully saturated rings. The number of benzene rings is 8. The first-order valence-electron chi connectivity index (χ1n) is 19.3. The van der Waals surface area contributed by atoms with Crippen molar-refractivity contribution < 1.29 is 0 Å². The Morgan fingerprint density at radius 2 is 0.860 bits per heavy atom. The Balaban J connectivity index is 1.06. The molecular formula is C53H34N4. The van der Waals surface area contributed by atoms with Crippen molar-refractivity contribution in [1.82, 2.24) is 19.5 Å². The van der Waals surface area contributed by atoms with E-state index in [-0.39, 0.29) is 0 Å². The van der Waals surface area contributed by atoms with E-state index in [2.05, 4.69) is 199 Å². The van der Waals surface area contributed by atoms with Gasteiger partial charge in [0.25, 0.3) is 0 Å². The summed E-state index contributed by atoms with van der Waals surface area (Å²) in [5.41, 5.74) is 13.7. The lowest BCUT2D eigenvalue weighted by Crippen LogP contribution is -1.97. The second kappa shape index (κ2) is 13.6. The Labute approximate surface area is 330 Å². The predicted octanol–water partition coefficient (Wildman–Crippen LogP) is 13.6. The number of aromatic nitrogens is 4. The van der Waals surface area contributed by atoms with E-state index in [0.717, 1.165) is 88.7 Å². The van der Waals surface area contributed by atoms with Crippen LogP contribution in [0.3, 0.4) is 0 Å². The van der Waals surface area contributed by atoms with Crippen LogP contribution in [0.15, 0.2) is 206 Å². The fourth-order valence-electron chi connectivity index (χ4n) is 8.37. The van der Waals surface area contributed by atoms with Gasteiger partial charge in [0.2, 0.25) is 0 Å². The summed E-state index contributed by atoms with van der Waals surface area (Å²) in [6, 6.07) is 72.5. The Hall–Kier alpha value is -7.69. The van der Waals surface area contributed by atoms with Gasteiger partial charge in [-0.1, -0.05) is 170 Å². The van der Waals surface area contributed by atoms with Crippen molar-refractivity contribution in [2.45, 2.75) is 0 Å². The van der Waals surface area contributed by atoms with Crippen LogP contribution in [0.25, 0.3) is 105 Å². The number of nitrogens with zero attached hydrogens (tertiary/aromatic N) is 4. The average molecular weight is 727 g/mol. The zero-order chi connectivity index (χ0) is 37.7. The molecule has 3 heterocycles. The van der Waals surface area contributed by atoms with Crippen molar-refractivity contribution in [3.8, 4) is 62.0 Å². The lowest BCUT2D eigenvalue weighted by molar-refractivity contribution is 1.18. The van der Waals surface area contributed by atoms with E-state index in [1.807, 2.05) is 12.1 Å². The van der Waals surface area contributed by atoms with Crippen LogP contribution >= 0.6 is 0 Å². The summed E-state index contributed by atoms with van der Waals surface area (Å²) in [5.74, 6) is 0.703. The fraction of sp³-hybridized carbons (Fsp3) is 0. The van der Waals surface area contributed by atoms with E-state index >= 15 is 0 Å². The summed E-state index contributed by atoms with van der Waals surface area (Å²) in [7, 11) is 0. The highest BCUT2D eigenvalue weighted by atomic mass is 15.0. The van der Waals surface area contributed by atoms with Crippen molar-refractivity contribution in [3.63, 3.8) is 0 Å². The Bertz CT molecular complexity index is 3200. The SMILES string of the molecule is c1ccc(-c2cc(-c3ccccc3)nc(-c3ccc(-c4ccc(-c5nc6ccccc6c6c5c5ccccc5n6-c5ccccc5)cc4)c4ccccc34)n2)cc1. The third-order valence-corrected chi connectivity index (χ3v) is 11.0. The third-order valence-electron chi connectivity index (χ3n) is 11.0. The summed E-state index contributed by atoms with van der Waals surface area (Å²) in [6.45, 7) is 0. The Morgan fingerprint density at radius 1 is 0.351 bits per heavy atom. The molecule has 0 saturated heterocycles. The van der Waals surface area contributed by atoms with Gasteiger partial charge in [-0.25, -0.2) is 15.0 Å². The van der Waals surface area contributed by atoms with Crippen LogP contribution in [0.1, 0.15) is 0 Å². The molecule has 8 aromatic carbocycles. The summed E-state index contributed by atoms with van der Waals surface area (Å²) < 4.78 is 2.39. The second-order valence-corrected chi connectivity index (χ2v) is 14.4. The lowest BCUT2D eigenvalue weighted by Gasteiger charge is -2.14. The van der Waals surface area contributed by atoms with Gasteiger partial charge in [-0.3, -0.25) is 0 Å². The normalized spacial score (nSPS) is 11.5. The van der Waals surface area contributed by atoms with Gasteiger partial charge in [-0.15, -0.1) is 0 Å². The van der Waals surface area contributed by atoms with Gasteiger partial charge in [0, 0.05) is 44.1 Å². The molecule has 0 amide bonds. The highest BCUT2D eigenvalue weighted by molar-refractivity contribution is 6.22. The van der Waals surface area contributed by atoms with E-state index in [0.29, 0.717) is 5.82 Å². The van der Waals surface area contributed by atoms with Crippen molar-refractivity contribution >= 4 is 43.5 Å². The van der Waals surface area contributed by atoms with Gasteiger partial charge in [0.1, 0.15) is 0 Å². The van der Waals surface area contributed by atoms with E-state index < -0.39 is 0 Å². The topological polar surface area (TPSA) is 43.6 Å².